The maximum absolute atomic E-state index is 11.8. The van der Waals surface area contributed by atoms with Crippen LogP contribution >= 0.6 is 0 Å². The lowest BCUT2D eigenvalue weighted by Crippen LogP contribution is -2.38. The molecule has 6 heteroatoms. The number of carbonyl (C=O) groups excluding carboxylic acids is 1. The summed E-state index contributed by atoms with van der Waals surface area (Å²) in [6.45, 7) is 9.45. The van der Waals surface area contributed by atoms with Crippen LogP contribution in [0.15, 0.2) is 18.3 Å². The summed E-state index contributed by atoms with van der Waals surface area (Å²) < 4.78 is 5.35. The summed E-state index contributed by atoms with van der Waals surface area (Å²) in [5.41, 5.74) is 0.978. The largest absolute Gasteiger partial charge is 0.478 e. The molecule has 0 unspecified atom stereocenters. The van der Waals surface area contributed by atoms with Gasteiger partial charge >= 0.3 is 6.03 Å². The zero-order chi connectivity index (χ0) is 17.2. The molecule has 1 fully saturated rings. The Morgan fingerprint density at radius 3 is 2.92 bits per heavy atom. The molecule has 0 saturated carbocycles. The van der Waals surface area contributed by atoms with E-state index in [9.17, 15) is 4.79 Å². The first-order chi connectivity index (χ1) is 11.7. The third kappa shape index (κ3) is 6.74. The fourth-order valence-corrected chi connectivity index (χ4v) is 2.82. The molecule has 0 aliphatic carbocycles. The van der Waals surface area contributed by atoms with Gasteiger partial charge in [0, 0.05) is 25.4 Å². The highest BCUT2D eigenvalue weighted by molar-refractivity contribution is 5.73. The predicted molar refractivity (Wildman–Crippen MR) is 95.1 cm³/mol. The van der Waals surface area contributed by atoms with Crippen molar-refractivity contribution in [1.29, 1.82) is 0 Å². The number of hydrogen-bond acceptors (Lipinski definition) is 4. The third-order valence-electron chi connectivity index (χ3n) is 4.36. The maximum atomic E-state index is 11.8. The van der Waals surface area contributed by atoms with Crippen molar-refractivity contribution in [3.05, 3.63) is 23.9 Å². The van der Waals surface area contributed by atoms with E-state index >= 15 is 0 Å². The monoisotopic (exact) mass is 334 g/mol. The van der Waals surface area contributed by atoms with Gasteiger partial charge in [-0.1, -0.05) is 6.92 Å². The molecular formula is C18H30N4O2. The quantitative estimate of drug-likeness (QED) is 0.717. The van der Waals surface area contributed by atoms with Gasteiger partial charge in [0.15, 0.2) is 0 Å². The standard InChI is InChI=1S/C18H30N4O2/c1-3-24-17-13-16(5-9-19-17)14-21-18(23)20-8-4-10-22-11-6-15(2)7-12-22/h5,9,13,15H,3-4,6-8,10-12,14H2,1-2H3,(H2,20,21,23). The van der Waals surface area contributed by atoms with Crippen LogP contribution in [0.1, 0.15) is 38.7 Å². The molecule has 0 aromatic carbocycles. The summed E-state index contributed by atoms with van der Waals surface area (Å²) in [7, 11) is 0. The summed E-state index contributed by atoms with van der Waals surface area (Å²) in [6.07, 6.45) is 5.28. The van der Waals surface area contributed by atoms with E-state index in [1.165, 1.54) is 25.9 Å². The average molecular weight is 334 g/mol. The number of aromatic nitrogens is 1. The van der Waals surface area contributed by atoms with Crippen molar-refractivity contribution in [2.45, 2.75) is 39.7 Å². The summed E-state index contributed by atoms with van der Waals surface area (Å²) in [6, 6.07) is 3.60. The molecule has 1 aromatic rings. The summed E-state index contributed by atoms with van der Waals surface area (Å²) in [5.74, 6) is 1.45. The number of likely N-dealkylation sites (tertiary alicyclic amines) is 1. The Morgan fingerprint density at radius 2 is 2.17 bits per heavy atom. The number of pyridine rings is 1. The molecule has 1 aliphatic heterocycles. The zero-order valence-corrected chi connectivity index (χ0v) is 14.9. The van der Waals surface area contributed by atoms with Gasteiger partial charge in [-0.2, -0.15) is 0 Å². The number of ether oxygens (including phenoxy) is 1. The van der Waals surface area contributed by atoms with Crippen molar-refractivity contribution in [3.63, 3.8) is 0 Å². The van der Waals surface area contributed by atoms with Gasteiger partial charge in [0.2, 0.25) is 5.88 Å². The molecule has 6 nitrogen and oxygen atoms in total. The Kier molecular flexibility index (Phi) is 7.82. The van der Waals surface area contributed by atoms with Crippen LogP contribution in [-0.4, -0.2) is 48.7 Å². The van der Waals surface area contributed by atoms with Gasteiger partial charge < -0.3 is 20.3 Å². The lowest BCUT2D eigenvalue weighted by atomic mass is 9.99. The van der Waals surface area contributed by atoms with E-state index in [-0.39, 0.29) is 6.03 Å². The second-order valence-corrected chi connectivity index (χ2v) is 6.42. The van der Waals surface area contributed by atoms with Gasteiger partial charge in [0.25, 0.3) is 0 Å². The molecule has 0 atom stereocenters. The van der Waals surface area contributed by atoms with Gasteiger partial charge in [-0.25, -0.2) is 9.78 Å². The Hall–Kier alpha value is -1.82. The van der Waals surface area contributed by atoms with Crippen LogP contribution in [0.3, 0.4) is 0 Å². The number of rotatable bonds is 8. The summed E-state index contributed by atoms with van der Waals surface area (Å²) >= 11 is 0. The topological polar surface area (TPSA) is 66.5 Å². The summed E-state index contributed by atoms with van der Waals surface area (Å²) in [4.78, 5) is 18.4. The number of urea groups is 1. The van der Waals surface area contributed by atoms with Crippen molar-refractivity contribution < 1.29 is 9.53 Å². The highest BCUT2D eigenvalue weighted by Gasteiger charge is 2.14. The smallest absolute Gasteiger partial charge is 0.315 e. The number of nitrogens with one attached hydrogen (secondary N) is 2. The van der Waals surface area contributed by atoms with Gasteiger partial charge in [-0.3, -0.25) is 0 Å². The number of amides is 2. The molecule has 0 radical (unpaired) electrons. The molecule has 2 heterocycles. The number of piperidine rings is 1. The molecule has 0 spiro atoms. The normalized spacial score (nSPS) is 15.9. The van der Waals surface area contributed by atoms with Crippen molar-refractivity contribution in [3.8, 4) is 5.88 Å². The first kappa shape index (κ1) is 18.5. The average Bonchev–Trinajstić information content (AvgIpc) is 2.59. The first-order valence-corrected chi connectivity index (χ1v) is 8.99. The number of hydrogen-bond donors (Lipinski definition) is 2. The third-order valence-corrected chi connectivity index (χ3v) is 4.36. The highest BCUT2D eigenvalue weighted by atomic mass is 16.5. The molecular weight excluding hydrogens is 304 g/mol. The molecule has 0 bridgehead atoms. The van der Waals surface area contributed by atoms with Gasteiger partial charge in [-0.05, 0) is 63.4 Å². The minimum absolute atomic E-state index is 0.128. The lowest BCUT2D eigenvalue weighted by molar-refractivity contribution is 0.190. The molecule has 24 heavy (non-hydrogen) atoms. The van der Waals surface area contributed by atoms with Crippen molar-refractivity contribution >= 4 is 6.03 Å². The van der Waals surface area contributed by atoms with E-state index in [1.807, 2.05) is 19.1 Å². The molecule has 2 amide bonds. The first-order valence-electron chi connectivity index (χ1n) is 8.99. The van der Waals surface area contributed by atoms with Crippen LogP contribution in [0.5, 0.6) is 5.88 Å². The SMILES string of the molecule is CCOc1cc(CNC(=O)NCCCN2CCC(C)CC2)ccn1. The van der Waals surface area contributed by atoms with E-state index in [1.54, 1.807) is 6.20 Å². The molecule has 2 rings (SSSR count). The fourth-order valence-electron chi connectivity index (χ4n) is 2.82. The summed E-state index contributed by atoms with van der Waals surface area (Å²) in [5, 5.41) is 5.78. The van der Waals surface area contributed by atoms with E-state index in [2.05, 4.69) is 27.4 Å². The lowest BCUT2D eigenvalue weighted by Gasteiger charge is -2.30. The molecule has 1 aromatic heterocycles. The van der Waals surface area contributed by atoms with Crippen LogP contribution in [0.4, 0.5) is 4.79 Å². The maximum Gasteiger partial charge on any atom is 0.315 e. The van der Waals surface area contributed by atoms with Crippen LogP contribution in [0.2, 0.25) is 0 Å². The Morgan fingerprint density at radius 1 is 1.38 bits per heavy atom. The van der Waals surface area contributed by atoms with Crippen molar-refractivity contribution in [2.75, 3.05) is 32.8 Å². The number of carbonyl (C=O) groups is 1. The van der Waals surface area contributed by atoms with E-state index in [0.717, 1.165) is 24.4 Å². The highest BCUT2D eigenvalue weighted by Crippen LogP contribution is 2.15. The molecule has 1 saturated heterocycles. The minimum Gasteiger partial charge on any atom is -0.478 e. The molecule has 2 N–H and O–H groups in total. The van der Waals surface area contributed by atoms with Crippen LogP contribution in [0.25, 0.3) is 0 Å². The second kappa shape index (κ2) is 10.1. The molecule has 1 aliphatic rings. The van der Waals surface area contributed by atoms with Crippen LogP contribution in [0, 0.1) is 5.92 Å². The Balaban J connectivity index is 1.57. The molecule has 134 valence electrons. The fraction of sp³-hybridized carbons (Fsp3) is 0.667. The minimum atomic E-state index is -0.128. The van der Waals surface area contributed by atoms with Crippen LogP contribution in [-0.2, 0) is 6.54 Å². The van der Waals surface area contributed by atoms with Gasteiger partial charge in [0.1, 0.15) is 0 Å². The second-order valence-electron chi connectivity index (χ2n) is 6.42. The van der Waals surface area contributed by atoms with E-state index in [4.69, 9.17) is 4.74 Å². The predicted octanol–water partition coefficient (Wildman–Crippen LogP) is 2.40. The number of nitrogens with zero attached hydrogens (tertiary/aromatic N) is 2. The Bertz CT molecular complexity index is 502. The van der Waals surface area contributed by atoms with Gasteiger partial charge in [0.05, 0.1) is 6.61 Å². The zero-order valence-electron chi connectivity index (χ0n) is 14.9. The van der Waals surface area contributed by atoms with Crippen LogP contribution < -0.4 is 15.4 Å². The van der Waals surface area contributed by atoms with E-state index < -0.39 is 0 Å². The van der Waals surface area contributed by atoms with E-state index in [0.29, 0.717) is 25.6 Å². The van der Waals surface area contributed by atoms with Gasteiger partial charge in [-0.15, -0.1) is 0 Å². The Labute approximate surface area is 145 Å². The van der Waals surface area contributed by atoms with Crippen molar-refractivity contribution in [2.24, 2.45) is 5.92 Å². The van der Waals surface area contributed by atoms with Crippen molar-refractivity contribution in [1.82, 2.24) is 20.5 Å².